The van der Waals surface area contributed by atoms with Gasteiger partial charge in [0.2, 0.25) is 0 Å². The lowest BCUT2D eigenvalue weighted by Gasteiger charge is -2.20. The van der Waals surface area contributed by atoms with Gasteiger partial charge in [0.1, 0.15) is 5.82 Å². The summed E-state index contributed by atoms with van der Waals surface area (Å²) >= 11 is 0. The molecule has 7 heteroatoms. The number of aryl methyl sites for hydroxylation is 1. The van der Waals surface area contributed by atoms with Crippen LogP contribution in [0.15, 0.2) is 35.7 Å². The van der Waals surface area contributed by atoms with Crippen LogP contribution in [0.1, 0.15) is 31.2 Å². The molecule has 6 nitrogen and oxygen atoms in total. The molecule has 0 radical (unpaired) electrons. The Morgan fingerprint density at radius 2 is 2.19 bits per heavy atom. The molecule has 0 aromatic carbocycles. The van der Waals surface area contributed by atoms with Crippen LogP contribution in [0.5, 0.6) is 0 Å². The highest BCUT2D eigenvalue weighted by molar-refractivity contribution is 7.89. The highest BCUT2D eigenvalue weighted by Gasteiger charge is 2.38. The number of sulfonamides is 1. The maximum atomic E-state index is 12.8. The van der Waals surface area contributed by atoms with Gasteiger partial charge in [-0.05, 0) is 24.5 Å². The van der Waals surface area contributed by atoms with Crippen LogP contribution >= 0.6 is 0 Å². The molecule has 0 unspecified atom stereocenters. The minimum Gasteiger partial charge on any atom is -0.332 e. The van der Waals surface area contributed by atoms with Gasteiger partial charge in [-0.3, -0.25) is 4.98 Å². The van der Waals surface area contributed by atoms with Crippen molar-refractivity contribution in [3.63, 3.8) is 0 Å². The molecular weight excluding hydrogens is 288 g/mol. The largest absolute Gasteiger partial charge is 0.332 e. The molecule has 3 rings (SSSR count). The molecule has 0 atom stereocenters. The molecular formula is C14H18N4O2S. The summed E-state index contributed by atoms with van der Waals surface area (Å²) in [7, 11) is -3.54. The van der Waals surface area contributed by atoms with Crippen molar-refractivity contribution in [2.24, 2.45) is 0 Å². The average Bonchev–Trinajstić information content (AvgIpc) is 3.20. The Hall–Kier alpha value is -1.73. The van der Waals surface area contributed by atoms with E-state index in [0.717, 1.165) is 18.4 Å². The normalized spacial score (nSPS) is 15.5. The molecule has 2 heterocycles. The van der Waals surface area contributed by atoms with Crippen molar-refractivity contribution in [1.29, 1.82) is 0 Å². The summed E-state index contributed by atoms with van der Waals surface area (Å²) in [6.45, 7) is 2.28. The van der Waals surface area contributed by atoms with Gasteiger partial charge in [-0.25, -0.2) is 13.4 Å². The number of rotatable bonds is 6. The van der Waals surface area contributed by atoms with Gasteiger partial charge in [0.05, 0.1) is 6.20 Å². The van der Waals surface area contributed by atoms with Crippen LogP contribution in [-0.2, 0) is 23.0 Å². The lowest BCUT2D eigenvalue weighted by Crippen LogP contribution is -2.33. The van der Waals surface area contributed by atoms with Gasteiger partial charge in [0.15, 0.2) is 5.03 Å². The van der Waals surface area contributed by atoms with Gasteiger partial charge in [0.25, 0.3) is 10.0 Å². The first-order chi connectivity index (χ1) is 10.1. The van der Waals surface area contributed by atoms with Gasteiger partial charge in [-0.15, -0.1) is 0 Å². The fraction of sp³-hybridized carbons (Fsp3) is 0.429. The fourth-order valence-electron chi connectivity index (χ4n) is 2.22. The van der Waals surface area contributed by atoms with Crippen LogP contribution in [0, 0.1) is 0 Å². The van der Waals surface area contributed by atoms with Crippen LogP contribution in [0.25, 0.3) is 0 Å². The van der Waals surface area contributed by atoms with Crippen LogP contribution in [0.4, 0.5) is 0 Å². The van der Waals surface area contributed by atoms with Gasteiger partial charge in [-0.2, -0.15) is 4.31 Å². The Kier molecular flexibility index (Phi) is 3.77. The van der Waals surface area contributed by atoms with Gasteiger partial charge < -0.3 is 4.98 Å². The van der Waals surface area contributed by atoms with Crippen LogP contribution in [-0.4, -0.2) is 33.7 Å². The second kappa shape index (κ2) is 5.57. The zero-order valence-corrected chi connectivity index (χ0v) is 12.7. The number of H-pyrrole nitrogens is 1. The van der Waals surface area contributed by atoms with Crippen molar-refractivity contribution in [2.45, 2.75) is 43.8 Å². The molecule has 1 fully saturated rings. The third-order valence-corrected chi connectivity index (χ3v) is 5.35. The number of nitrogens with one attached hydrogen (secondary N) is 1. The smallest absolute Gasteiger partial charge is 0.260 e. The van der Waals surface area contributed by atoms with E-state index in [9.17, 15) is 8.42 Å². The molecule has 2 aromatic rings. The monoisotopic (exact) mass is 306 g/mol. The predicted octanol–water partition coefficient (Wildman–Crippen LogP) is 1.72. The van der Waals surface area contributed by atoms with Crippen molar-refractivity contribution >= 4 is 10.0 Å². The molecule has 0 spiro atoms. The Morgan fingerprint density at radius 3 is 2.76 bits per heavy atom. The molecule has 21 heavy (non-hydrogen) atoms. The molecule has 0 aliphatic heterocycles. The first-order valence-electron chi connectivity index (χ1n) is 7.06. The second-order valence-corrected chi connectivity index (χ2v) is 7.05. The van der Waals surface area contributed by atoms with Crippen molar-refractivity contribution in [3.05, 3.63) is 42.1 Å². The standard InChI is InChI=1S/C14H18N4O2S/c1-2-13-16-9-14(17-13)21(19,20)18(12-5-6-12)10-11-4-3-7-15-8-11/h3-4,7-9,12H,2,5-6,10H2,1H3,(H,16,17). The number of pyridine rings is 1. The highest BCUT2D eigenvalue weighted by Crippen LogP contribution is 2.33. The van der Waals surface area contributed by atoms with Crippen LogP contribution in [0.2, 0.25) is 0 Å². The summed E-state index contributed by atoms with van der Waals surface area (Å²) in [5, 5.41) is 0.176. The molecule has 0 saturated heterocycles. The maximum absolute atomic E-state index is 12.8. The minimum absolute atomic E-state index is 0.0867. The lowest BCUT2D eigenvalue weighted by atomic mass is 10.3. The second-order valence-electron chi connectivity index (χ2n) is 5.19. The van der Waals surface area contributed by atoms with Crippen molar-refractivity contribution in [1.82, 2.24) is 19.3 Å². The number of aromatic amines is 1. The lowest BCUT2D eigenvalue weighted by molar-refractivity contribution is 0.396. The molecule has 0 amide bonds. The van der Waals surface area contributed by atoms with Gasteiger partial charge in [-0.1, -0.05) is 13.0 Å². The molecule has 112 valence electrons. The van der Waals surface area contributed by atoms with E-state index in [1.165, 1.54) is 6.20 Å². The molecule has 1 aliphatic carbocycles. The maximum Gasteiger partial charge on any atom is 0.260 e. The minimum atomic E-state index is -3.54. The van der Waals surface area contributed by atoms with E-state index in [-0.39, 0.29) is 11.1 Å². The Bertz CT molecular complexity index is 708. The summed E-state index contributed by atoms with van der Waals surface area (Å²) in [6.07, 6.45) is 7.30. The highest BCUT2D eigenvalue weighted by atomic mass is 32.2. The van der Waals surface area contributed by atoms with Crippen LogP contribution in [0.3, 0.4) is 0 Å². The zero-order chi connectivity index (χ0) is 14.9. The molecule has 2 aromatic heterocycles. The summed E-state index contributed by atoms with van der Waals surface area (Å²) in [6, 6.07) is 3.80. The zero-order valence-electron chi connectivity index (χ0n) is 11.9. The number of nitrogens with zero attached hydrogens (tertiary/aromatic N) is 3. The number of hydrogen-bond donors (Lipinski definition) is 1. The SMILES string of the molecule is CCc1ncc(S(=O)(=O)N(Cc2cccnc2)C2CC2)[nH]1. The molecule has 0 bridgehead atoms. The first kappa shape index (κ1) is 14.2. The van der Waals surface area contributed by atoms with Gasteiger partial charge in [0, 0.05) is 31.4 Å². The van der Waals surface area contributed by atoms with Crippen molar-refractivity contribution < 1.29 is 8.42 Å². The predicted molar refractivity (Wildman–Crippen MR) is 78.0 cm³/mol. The van der Waals surface area contributed by atoms with E-state index in [4.69, 9.17) is 0 Å². The van der Waals surface area contributed by atoms with E-state index >= 15 is 0 Å². The average molecular weight is 306 g/mol. The Morgan fingerprint density at radius 1 is 1.38 bits per heavy atom. The Balaban J connectivity index is 1.89. The first-order valence-corrected chi connectivity index (χ1v) is 8.50. The van der Waals surface area contributed by atoms with E-state index in [1.54, 1.807) is 16.7 Å². The number of aromatic nitrogens is 3. The third-order valence-electron chi connectivity index (χ3n) is 3.54. The Labute approximate surface area is 124 Å². The van der Waals surface area contributed by atoms with E-state index in [0.29, 0.717) is 18.8 Å². The summed E-state index contributed by atoms with van der Waals surface area (Å²) in [4.78, 5) is 11.0. The molecule has 1 saturated carbocycles. The summed E-state index contributed by atoms with van der Waals surface area (Å²) in [5.74, 6) is 0.686. The van der Waals surface area contributed by atoms with E-state index < -0.39 is 10.0 Å². The van der Waals surface area contributed by atoms with Gasteiger partial charge >= 0.3 is 0 Å². The van der Waals surface area contributed by atoms with Crippen molar-refractivity contribution in [2.75, 3.05) is 0 Å². The fourth-order valence-corrected chi connectivity index (χ4v) is 3.83. The van der Waals surface area contributed by atoms with Crippen LogP contribution < -0.4 is 0 Å². The molecule has 1 N–H and O–H groups in total. The van der Waals surface area contributed by atoms with E-state index in [2.05, 4.69) is 15.0 Å². The van der Waals surface area contributed by atoms with E-state index in [1.807, 2.05) is 19.1 Å². The number of hydrogen-bond acceptors (Lipinski definition) is 4. The third kappa shape index (κ3) is 2.98. The summed E-state index contributed by atoms with van der Waals surface area (Å²) in [5.41, 5.74) is 0.892. The molecule has 1 aliphatic rings. The summed E-state index contributed by atoms with van der Waals surface area (Å²) < 4.78 is 27.1. The topological polar surface area (TPSA) is 79.0 Å². The quantitative estimate of drug-likeness (QED) is 0.881. The number of imidazole rings is 1. The van der Waals surface area contributed by atoms with Crippen molar-refractivity contribution in [3.8, 4) is 0 Å².